The molecule has 1 heterocycles. The first kappa shape index (κ1) is 7.59. The van der Waals surface area contributed by atoms with Crippen molar-refractivity contribution in [1.29, 1.82) is 0 Å². The molecule has 0 saturated heterocycles. The smallest absolute Gasteiger partial charge is 0.106 e. The second-order valence-corrected chi connectivity index (χ2v) is 3.54. The van der Waals surface area contributed by atoms with Crippen molar-refractivity contribution in [2.75, 3.05) is 0 Å². The molecule has 0 unspecified atom stereocenters. The third-order valence-corrected chi connectivity index (χ3v) is 2.61. The molecular formula is C10H14N2. The van der Waals surface area contributed by atoms with Gasteiger partial charge in [0, 0.05) is 12.7 Å². The summed E-state index contributed by atoms with van der Waals surface area (Å²) in [6, 6.07) is 0. The summed E-state index contributed by atoms with van der Waals surface area (Å²) in [5.74, 6) is 1.12. The maximum absolute atomic E-state index is 4.49. The molecule has 1 aliphatic carbocycles. The molecular weight excluding hydrogens is 148 g/mol. The Labute approximate surface area is 72.9 Å². The largest absolute Gasteiger partial charge is 0.335 e. The van der Waals surface area contributed by atoms with Gasteiger partial charge in [-0.1, -0.05) is 5.57 Å². The van der Waals surface area contributed by atoms with Crippen LogP contribution in [-0.4, -0.2) is 9.55 Å². The second-order valence-electron chi connectivity index (χ2n) is 3.54. The number of fused-ring (bicyclic) bond motifs is 1. The summed E-state index contributed by atoms with van der Waals surface area (Å²) < 4.78 is 2.19. The fourth-order valence-electron chi connectivity index (χ4n) is 1.71. The Bertz CT molecular complexity index is 345. The third-order valence-electron chi connectivity index (χ3n) is 2.61. The molecule has 1 aromatic heterocycles. The molecule has 0 aromatic carbocycles. The molecule has 0 fully saturated rings. The number of nitrogens with zero attached hydrogens (tertiary/aromatic N) is 2. The van der Waals surface area contributed by atoms with Crippen molar-refractivity contribution in [1.82, 2.24) is 9.55 Å². The highest BCUT2D eigenvalue weighted by molar-refractivity contribution is 5.54. The first-order chi connectivity index (χ1) is 5.68. The Hall–Kier alpha value is -1.05. The molecule has 0 atom stereocenters. The number of aromatic nitrogens is 2. The lowest BCUT2D eigenvalue weighted by Gasteiger charge is -2.10. The van der Waals surface area contributed by atoms with Crippen molar-refractivity contribution in [3.63, 3.8) is 0 Å². The molecule has 2 nitrogen and oxygen atoms in total. The first-order valence-electron chi connectivity index (χ1n) is 4.38. The first-order valence-corrected chi connectivity index (χ1v) is 4.38. The average molecular weight is 162 g/mol. The molecule has 0 N–H and O–H groups in total. The van der Waals surface area contributed by atoms with E-state index in [1.807, 2.05) is 0 Å². The van der Waals surface area contributed by atoms with Crippen molar-refractivity contribution in [2.24, 2.45) is 7.05 Å². The SMILES string of the molecule is CC1=Cc2nc(C)n(C)c2CC1. The van der Waals surface area contributed by atoms with Gasteiger partial charge in [0.05, 0.1) is 5.69 Å². The van der Waals surface area contributed by atoms with Crippen molar-refractivity contribution in [3.8, 4) is 0 Å². The topological polar surface area (TPSA) is 17.8 Å². The fraction of sp³-hybridized carbons (Fsp3) is 0.500. The molecule has 2 heteroatoms. The zero-order valence-corrected chi connectivity index (χ0v) is 7.89. The van der Waals surface area contributed by atoms with E-state index in [-0.39, 0.29) is 0 Å². The van der Waals surface area contributed by atoms with Crippen LogP contribution in [0.15, 0.2) is 5.57 Å². The highest BCUT2D eigenvalue weighted by Gasteiger charge is 2.13. The van der Waals surface area contributed by atoms with Crippen LogP contribution >= 0.6 is 0 Å². The summed E-state index contributed by atoms with van der Waals surface area (Å²) in [6.07, 6.45) is 4.53. The van der Waals surface area contributed by atoms with Gasteiger partial charge in [-0.05, 0) is 32.8 Å². The van der Waals surface area contributed by atoms with Gasteiger partial charge in [0.2, 0.25) is 0 Å². The van der Waals surface area contributed by atoms with Crippen LogP contribution in [0.5, 0.6) is 0 Å². The molecule has 12 heavy (non-hydrogen) atoms. The van der Waals surface area contributed by atoms with E-state index in [1.165, 1.54) is 23.4 Å². The van der Waals surface area contributed by atoms with Crippen LogP contribution in [0.2, 0.25) is 0 Å². The van der Waals surface area contributed by atoms with E-state index in [0.717, 1.165) is 12.2 Å². The van der Waals surface area contributed by atoms with Crippen LogP contribution in [0.4, 0.5) is 0 Å². The summed E-state index contributed by atoms with van der Waals surface area (Å²) >= 11 is 0. The zero-order valence-electron chi connectivity index (χ0n) is 7.89. The Morgan fingerprint density at radius 3 is 2.83 bits per heavy atom. The van der Waals surface area contributed by atoms with Gasteiger partial charge in [0.25, 0.3) is 0 Å². The molecule has 2 rings (SSSR count). The van der Waals surface area contributed by atoms with E-state index in [2.05, 4.69) is 36.5 Å². The predicted octanol–water partition coefficient (Wildman–Crippen LogP) is 2.08. The minimum absolute atomic E-state index is 1.12. The molecule has 0 amide bonds. The fourth-order valence-corrected chi connectivity index (χ4v) is 1.71. The number of hydrogen-bond acceptors (Lipinski definition) is 1. The highest BCUT2D eigenvalue weighted by atomic mass is 15.1. The Kier molecular flexibility index (Phi) is 1.56. The Morgan fingerprint density at radius 1 is 1.33 bits per heavy atom. The maximum Gasteiger partial charge on any atom is 0.106 e. The quantitative estimate of drug-likeness (QED) is 0.571. The van der Waals surface area contributed by atoms with Crippen LogP contribution in [0.3, 0.4) is 0 Å². The van der Waals surface area contributed by atoms with Crippen LogP contribution in [0, 0.1) is 6.92 Å². The van der Waals surface area contributed by atoms with Crippen molar-refractivity contribution >= 4 is 6.08 Å². The number of hydrogen-bond donors (Lipinski definition) is 0. The maximum atomic E-state index is 4.49. The van der Waals surface area contributed by atoms with Gasteiger partial charge in [0.1, 0.15) is 5.82 Å². The standard InChI is InChI=1S/C10H14N2/c1-7-4-5-10-9(6-7)11-8(2)12(10)3/h6H,4-5H2,1-3H3. The van der Waals surface area contributed by atoms with Gasteiger partial charge in [-0.2, -0.15) is 0 Å². The summed E-state index contributed by atoms with van der Waals surface area (Å²) in [5.41, 5.74) is 4.01. The summed E-state index contributed by atoms with van der Waals surface area (Å²) in [4.78, 5) is 4.49. The summed E-state index contributed by atoms with van der Waals surface area (Å²) in [6.45, 7) is 4.23. The van der Waals surface area contributed by atoms with E-state index < -0.39 is 0 Å². The minimum atomic E-state index is 1.12. The van der Waals surface area contributed by atoms with Gasteiger partial charge < -0.3 is 4.57 Å². The third kappa shape index (κ3) is 0.986. The number of allylic oxidation sites excluding steroid dienone is 1. The van der Waals surface area contributed by atoms with E-state index in [4.69, 9.17) is 0 Å². The van der Waals surface area contributed by atoms with Crippen molar-refractivity contribution in [3.05, 3.63) is 22.8 Å². The highest BCUT2D eigenvalue weighted by Crippen LogP contribution is 2.22. The number of imidazole rings is 1. The molecule has 0 bridgehead atoms. The minimum Gasteiger partial charge on any atom is -0.335 e. The molecule has 1 aliphatic rings. The van der Waals surface area contributed by atoms with E-state index in [0.29, 0.717) is 0 Å². The number of aryl methyl sites for hydroxylation is 1. The molecule has 64 valence electrons. The summed E-state index contributed by atoms with van der Waals surface area (Å²) in [5, 5.41) is 0. The molecule has 0 radical (unpaired) electrons. The Morgan fingerprint density at radius 2 is 2.08 bits per heavy atom. The van der Waals surface area contributed by atoms with Gasteiger partial charge >= 0.3 is 0 Å². The lowest BCUT2D eigenvalue weighted by Crippen LogP contribution is -2.02. The molecule has 1 aromatic rings. The Balaban J connectivity index is 2.58. The van der Waals surface area contributed by atoms with Crippen LogP contribution in [0.1, 0.15) is 30.6 Å². The average Bonchev–Trinajstić information content (AvgIpc) is 2.28. The second kappa shape index (κ2) is 2.47. The van der Waals surface area contributed by atoms with E-state index >= 15 is 0 Å². The summed E-state index contributed by atoms with van der Waals surface area (Å²) in [7, 11) is 2.09. The zero-order chi connectivity index (χ0) is 8.72. The monoisotopic (exact) mass is 162 g/mol. The van der Waals surface area contributed by atoms with E-state index in [9.17, 15) is 0 Å². The normalized spacial score (nSPS) is 15.8. The molecule has 0 aliphatic heterocycles. The van der Waals surface area contributed by atoms with Gasteiger partial charge in [-0.15, -0.1) is 0 Å². The van der Waals surface area contributed by atoms with Crippen LogP contribution in [-0.2, 0) is 13.5 Å². The van der Waals surface area contributed by atoms with Crippen LogP contribution in [0.25, 0.3) is 6.08 Å². The lowest BCUT2D eigenvalue weighted by molar-refractivity contribution is 0.765. The molecule has 0 saturated carbocycles. The molecule has 0 spiro atoms. The van der Waals surface area contributed by atoms with Gasteiger partial charge in [-0.25, -0.2) is 4.98 Å². The van der Waals surface area contributed by atoms with Crippen molar-refractivity contribution in [2.45, 2.75) is 26.7 Å². The van der Waals surface area contributed by atoms with E-state index in [1.54, 1.807) is 0 Å². The van der Waals surface area contributed by atoms with Gasteiger partial charge in [-0.3, -0.25) is 0 Å². The lowest BCUT2D eigenvalue weighted by atomic mass is 10.0. The van der Waals surface area contributed by atoms with Crippen LogP contribution < -0.4 is 0 Å². The van der Waals surface area contributed by atoms with Crippen molar-refractivity contribution < 1.29 is 0 Å². The number of rotatable bonds is 0. The predicted molar refractivity (Wildman–Crippen MR) is 49.9 cm³/mol. The van der Waals surface area contributed by atoms with Gasteiger partial charge in [0.15, 0.2) is 0 Å².